The average molecular weight is 326 g/mol. The van der Waals surface area contributed by atoms with Crippen molar-refractivity contribution in [3.05, 3.63) is 70.4 Å². The number of hydrogen-bond donors (Lipinski definition) is 1. The molecule has 0 spiro atoms. The van der Waals surface area contributed by atoms with E-state index in [0.717, 1.165) is 6.42 Å². The lowest BCUT2D eigenvalue weighted by atomic mass is 10.1. The zero-order valence-corrected chi connectivity index (χ0v) is 13.5. The van der Waals surface area contributed by atoms with Crippen LogP contribution in [0.25, 0.3) is 0 Å². The summed E-state index contributed by atoms with van der Waals surface area (Å²) in [5.74, 6) is -0.215. The van der Waals surface area contributed by atoms with Crippen LogP contribution < -0.4 is 5.32 Å². The fraction of sp³-hybridized carbons (Fsp3) is 0.222. The number of carbonyl (C=O) groups excluding carboxylic acids is 2. The molecule has 118 valence electrons. The van der Waals surface area contributed by atoms with Crippen molar-refractivity contribution in [2.45, 2.75) is 12.5 Å². The van der Waals surface area contributed by atoms with Crippen LogP contribution in [0, 0.1) is 0 Å². The maximum atomic E-state index is 12.4. The molecule has 4 nitrogen and oxygen atoms in total. The second kappa shape index (κ2) is 7.24. The Labute approximate surface area is 139 Å². The van der Waals surface area contributed by atoms with Crippen molar-refractivity contribution >= 4 is 23.2 Å². The summed E-state index contributed by atoms with van der Waals surface area (Å²) in [7, 11) is 0. The van der Waals surface area contributed by atoms with E-state index in [1.54, 1.807) is 17.0 Å². The van der Waals surface area contributed by atoms with Gasteiger partial charge in [0, 0.05) is 13.1 Å². The molecule has 1 N–H and O–H groups in total. The molecule has 0 aliphatic carbocycles. The molecule has 0 radical (unpaired) electrons. The summed E-state index contributed by atoms with van der Waals surface area (Å²) >= 11 is 1.40. The van der Waals surface area contributed by atoms with Crippen LogP contribution in [0.15, 0.2) is 60.0 Å². The lowest BCUT2D eigenvalue weighted by molar-refractivity contribution is -0.123. The topological polar surface area (TPSA) is 49.4 Å². The van der Waals surface area contributed by atoms with Gasteiger partial charge in [-0.05, 0) is 23.4 Å². The fourth-order valence-corrected chi connectivity index (χ4v) is 3.26. The molecule has 1 aliphatic heterocycles. The first-order chi connectivity index (χ1) is 11.3. The van der Waals surface area contributed by atoms with E-state index in [1.807, 2.05) is 47.9 Å². The van der Waals surface area contributed by atoms with Crippen LogP contribution in [0.5, 0.6) is 0 Å². The van der Waals surface area contributed by atoms with Gasteiger partial charge in [0.25, 0.3) is 5.91 Å². The summed E-state index contributed by atoms with van der Waals surface area (Å²) in [5.41, 5.74) is 1.18. The SMILES string of the molecule is O=C(NCCc1ccccc1)[C@H]1C=CCN1C(=O)c1cccs1. The molecule has 1 aliphatic rings. The van der Waals surface area contributed by atoms with Gasteiger partial charge in [-0.2, -0.15) is 0 Å². The molecule has 5 heteroatoms. The minimum absolute atomic E-state index is 0.0896. The van der Waals surface area contributed by atoms with E-state index in [-0.39, 0.29) is 11.8 Å². The maximum Gasteiger partial charge on any atom is 0.265 e. The monoisotopic (exact) mass is 326 g/mol. The highest BCUT2D eigenvalue weighted by atomic mass is 32.1. The van der Waals surface area contributed by atoms with E-state index < -0.39 is 6.04 Å². The molecule has 2 aromatic rings. The van der Waals surface area contributed by atoms with Crippen molar-refractivity contribution in [2.24, 2.45) is 0 Å². The Kier molecular flexibility index (Phi) is 4.88. The van der Waals surface area contributed by atoms with E-state index in [9.17, 15) is 9.59 Å². The lowest BCUT2D eigenvalue weighted by Crippen LogP contribution is -2.46. The zero-order valence-electron chi connectivity index (χ0n) is 12.6. The second-order valence-electron chi connectivity index (χ2n) is 5.33. The number of nitrogens with zero attached hydrogens (tertiary/aromatic N) is 1. The Balaban J connectivity index is 1.56. The summed E-state index contributed by atoms with van der Waals surface area (Å²) in [6.07, 6.45) is 4.44. The number of carbonyl (C=O) groups is 2. The molecule has 0 saturated carbocycles. The number of rotatable bonds is 5. The van der Waals surface area contributed by atoms with Gasteiger partial charge in [-0.3, -0.25) is 9.59 Å². The van der Waals surface area contributed by atoms with Gasteiger partial charge in [-0.15, -0.1) is 11.3 Å². The first kappa shape index (κ1) is 15.5. The van der Waals surface area contributed by atoms with E-state index in [2.05, 4.69) is 5.32 Å². The third-order valence-electron chi connectivity index (χ3n) is 3.77. The van der Waals surface area contributed by atoms with E-state index in [1.165, 1.54) is 16.9 Å². The molecule has 3 rings (SSSR count). The fourth-order valence-electron chi connectivity index (χ4n) is 2.58. The first-order valence-electron chi connectivity index (χ1n) is 7.58. The molecule has 23 heavy (non-hydrogen) atoms. The molecule has 2 amide bonds. The third-order valence-corrected chi connectivity index (χ3v) is 4.63. The number of thiophene rings is 1. The van der Waals surface area contributed by atoms with Gasteiger partial charge in [-0.1, -0.05) is 48.6 Å². The van der Waals surface area contributed by atoms with Crippen molar-refractivity contribution in [2.75, 3.05) is 13.1 Å². The summed E-state index contributed by atoms with van der Waals surface area (Å²) < 4.78 is 0. The van der Waals surface area contributed by atoms with Crippen molar-refractivity contribution in [3.63, 3.8) is 0 Å². The summed E-state index contributed by atoms with van der Waals surface area (Å²) in [4.78, 5) is 27.1. The highest BCUT2D eigenvalue weighted by molar-refractivity contribution is 7.12. The minimum atomic E-state index is -0.514. The third kappa shape index (κ3) is 3.68. The zero-order chi connectivity index (χ0) is 16.1. The van der Waals surface area contributed by atoms with Gasteiger partial charge in [0.1, 0.15) is 6.04 Å². The molecule has 2 heterocycles. The normalized spacial score (nSPS) is 16.5. The summed E-state index contributed by atoms with van der Waals surface area (Å²) in [6, 6.07) is 13.1. The standard InChI is InChI=1S/C18H18N2O2S/c21-17(19-11-10-14-6-2-1-3-7-14)15-8-4-12-20(15)18(22)16-9-5-13-23-16/h1-9,13,15H,10-12H2,(H,19,21)/t15-/m1/s1. The first-order valence-corrected chi connectivity index (χ1v) is 8.46. The molecular weight excluding hydrogens is 308 g/mol. The quantitative estimate of drug-likeness (QED) is 0.858. The molecule has 0 saturated heterocycles. The van der Waals surface area contributed by atoms with Crippen LogP contribution in [0.1, 0.15) is 15.2 Å². The van der Waals surface area contributed by atoms with E-state index in [0.29, 0.717) is 18.0 Å². The van der Waals surface area contributed by atoms with Gasteiger partial charge in [0.15, 0.2) is 0 Å². The van der Waals surface area contributed by atoms with Gasteiger partial charge in [0.2, 0.25) is 5.91 Å². The molecule has 0 unspecified atom stereocenters. The predicted octanol–water partition coefficient (Wildman–Crippen LogP) is 2.49. The van der Waals surface area contributed by atoms with Gasteiger partial charge in [-0.25, -0.2) is 0 Å². The average Bonchev–Trinajstić information content (AvgIpc) is 3.27. The van der Waals surface area contributed by atoms with Crippen molar-refractivity contribution in [1.82, 2.24) is 10.2 Å². The molecule has 0 bridgehead atoms. The van der Waals surface area contributed by atoms with E-state index >= 15 is 0 Å². The summed E-state index contributed by atoms with van der Waals surface area (Å²) in [6.45, 7) is 1.04. The van der Waals surface area contributed by atoms with Gasteiger partial charge < -0.3 is 10.2 Å². The lowest BCUT2D eigenvalue weighted by Gasteiger charge is -2.23. The van der Waals surface area contributed by atoms with Crippen LogP contribution >= 0.6 is 11.3 Å². The Hall–Kier alpha value is -2.40. The minimum Gasteiger partial charge on any atom is -0.354 e. The molecule has 1 aromatic heterocycles. The number of amides is 2. The van der Waals surface area contributed by atoms with Crippen molar-refractivity contribution < 1.29 is 9.59 Å². The summed E-state index contributed by atoms with van der Waals surface area (Å²) in [5, 5.41) is 4.79. The number of benzene rings is 1. The maximum absolute atomic E-state index is 12.4. The Morgan fingerprint density at radius 3 is 2.74 bits per heavy atom. The van der Waals surface area contributed by atoms with Crippen LogP contribution in [-0.4, -0.2) is 35.8 Å². The Morgan fingerprint density at radius 1 is 1.17 bits per heavy atom. The molecule has 1 aromatic carbocycles. The predicted molar refractivity (Wildman–Crippen MR) is 91.4 cm³/mol. The number of hydrogen-bond acceptors (Lipinski definition) is 3. The smallest absolute Gasteiger partial charge is 0.265 e. The van der Waals surface area contributed by atoms with E-state index in [4.69, 9.17) is 0 Å². The molecule has 0 fully saturated rings. The highest BCUT2D eigenvalue weighted by Gasteiger charge is 2.31. The second-order valence-corrected chi connectivity index (χ2v) is 6.28. The van der Waals surface area contributed by atoms with Crippen molar-refractivity contribution in [3.8, 4) is 0 Å². The highest BCUT2D eigenvalue weighted by Crippen LogP contribution is 2.18. The van der Waals surface area contributed by atoms with Crippen LogP contribution in [0.2, 0.25) is 0 Å². The molecule has 1 atom stereocenters. The van der Waals surface area contributed by atoms with Gasteiger partial charge >= 0.3 is 0 Å². The Morgan fingerprint density at radius 2 is 2.00 bits per heavy atom. The number of nitrogens with one attached hydrogen (secondary N) is 1. The van der Waals surface area contributed by atoms with Crippen LogP contribution in [-0.2, 0) is 11.2 Å². The van der Waals surface area contributed by atoms with Crippen molar-refractivity contribution in [1.29, 1.82) is 0 Å². The van der Waals surface area contributed by atoms with Crippen LogP contribution in [0.3, 0.4) is 0 Å². The largest absolute Gasteiger partial charge is 0.354 e. The van der Waals surface area contributed by atoms with Crippen LogP contribution in [0.4, 0.5) is 0 Å². The van der Waals surface area contributed by atoms with Gasteiger partial charge in [0.05, 0.1) is 4.88 Å². The Bertz CT molecular complexity index is 695. The molecular formula is C18H18N2O2S.